The normalized spacial score (nSPS) is 10.0. The third kappa shape index (κ3) is 4.80. The Morgan fingerprint density at radius 3 is 2.57 bits per heavy atom. The zero-order chi connectivity index (χ0) is 15.1. The van der Waals surface area contributed by atoms with Gasteiger partial charge in [0.25, 0.3) is 0 Å². The van der Waals surface area contributed by atoms with Gasteiger partial charge in [0.2, 0.25) is 0 Å². The van der Waals surface area contributed by atoms with Crippen LogP contribution in [0.1, 0.15) is 16.7 Å². The monoisotopic (exact) mass is 285 g/mol. The number of rotatable bonds is 5. The minimum absolute atomic E-state index is 0.130. The van der Waals surface area contributed by atoms with Gasteiger partial charge in [-0.25, -0.2) is 4.79 Å². The van der Waals surface area contributed by atoms with Crippen molar-refractivity contribution in [2.45, 2.75) is 20.4 Å². The number of aryl methyl sites for hydroxylation is 2. The predicted molar refractivity (Wildman–Crippen MR) is 81.0 cm³/mol. The van der Waals surface area contributed by atoms with E-state index >= 15 is 0 Å². The molecule has 1 aromatic heterocycles. The standard InChI is InChI=1S/C16H19N3O2/c1-12-3-4-15(9-13(12)2)21-11-19-16(20)18-10-14-5-7-17-8-6-14/h3-9H,10-11H2,1-2H3,(H2,18,19,20). The third-order valence-corrected chi connectivity index (χ3v) is 3.15. The zero-order valence-electron chi connectivity index (χ0n) is 12.2. The molecule has 2 aromatic rings. The van der Waals surface area contributed by atoms with Crippen LogP contribution >= 0.6 is 0 Å². The quantitative estimate of drug-likeness (QED) is 0.830. The molecule has 110 valence electrons. The lowest BCUT2D eigenvalue weighted by Gasteiger charge is -2.10. The highest BCUT2D eigenvalue weighted by Gasteiger charge is 2.01. The summed E-state index contributed by atoms with van der Waals surface area (Å²) in [4.78, 5) is 15.5. The summed E-state index contributed by atoms with van der Waals surface area (Å²) in [5, 5.41) is 5.40. The van der Waals surface area contributed by atoms with Gasteiger partial charge in [-0.1, -0.05) is 6.07 Å². The molecule has 0 aliphatic heterocycles. The van der Waals surface area contributed by atoms with E-state index in [1.807, 2.05) is 44.2 Å². The van der Waals surface area contributed by atoms with Crippen molar-refractivity contribution in [3.63, 3.8) is 0 Å². The highest BCUT2D eigenvalue weighted by Crippen LogP contribution is 2.15. The molecule has 2 amide bonds. The molecule has 2 N–H and O–H groups in total. The molecule has 5 nitrogen and oxygen atoms in total. The molecule has 1 heterocycles. The highest BCUT2D eigenvalue weighted by molar-refractivity contribution is 5.73. The minimum Gasteiger partial charge on any atom is -0.473 e. The maximum Gasteiger partial charge on any atom is 0.317 e. The SMILES string of the molecule is Cc1ccc(OCNC(=O)NCc2ccncc2)cc1C. The number of ether oxygens (including phenoxy) is 1. The number of aromatic nitrogens is 1. The van der Waals surface area contributed by atoms with Crippen molar-refractivity contribution in [2.75, 3.05) is 6.73 Å². The second kappa shape index (κ2) is 7.28. The molecule has 21 heavy (non-hydrogen) atoms. The van der Waals surface area contributed by atoms with E-state index in [9.17, 15) is 4.79 Å². The average molecular weight is 285 g/mol. The second-order valence-corrected chi connectivity index (χ2v) is 4.75. The molecule has 0 fully saturated rings. The van der Waals surface area contributed by atoms with Crippen LogP contribution in [0.5, 0.6) is 5.75 Å². The van der Waals surface area contributed by atoms with Crippen LogP contribution < -0.4 is 15.4 Å². The summed E-state index contributed by atoms with van der Waals surface area (Å²) in [5.74, 6) is 0.743. The van der Waals surface area contributed by atoms with Gasteiger partial charge in [-0.05, 0) is 54.8 Å². The predicted octanol–water partition coefficient (Wildman–Crippen LogP) is 2.53. The number of benzene rings is 1. The third-order valence-electron chi connectivity index (χ3n) is 3.15. The van der Waals surface area contributed by atoms with E-state index in [2.05, 4.69) is 15.6 Å². The van der Waals surface area contributed by atoms with Gasteiger partial charge in [0.1, 0.15) is 5.75 Å². The molecular formula is C16H19N3O2. The van der Waals surface area contributed by atoms with Gasteiger partial charge in [0.15, 0.2) is 6.73 Å². The highest BCUT2D eigenvalue weighted by atomic mass is 16.5. The molecule has 0 atom stereocenters. The van der Waals surface area contributed by atoms with Gasteiger partial charge in [-0.15, -0.1) is 0 Å². The summed E-state index contributed by atoms with van der Waals surface area (Å²) in [5.41, 5.74) is 3.37. The number of hydrogen-bond acceptors (Lipinski definition) is 3. The van der Waals surface area contributed by atoms with Gasteiger partial charge in [0, 0.05) is 18.9 Å². The van der Waals surface area contributed by atoms with E-state index < -0.39 is 0 Å². The Bertz CT molecular complexity index is 600. The lowest BCUT2D eigenvalue weighted by atomic mass is 10.1. The molecule has 1 aromatic carbocycles. The van der Waals surface area contributed by atoms with Crippen LogP contribution in [0.4, 0.5) is 4.79 Å². The van der Waals surface area contributed by atoms with E-state index in [-0.39, 0.29) is 12.8 Å². The molecule has 0 saturated carbocycles. The summed E-state index contributed by atoms with van der Waals surface area (Å²) in [6.45, 7) is 4.66. The minimum atomic E-state index is -0.268. The van der Waals surface area contributed by atoms with E-state index in [0.717, 1.165) is 16.9 Å². The maximum absolute atomic E-state index is 11.6. The molecular weight excluding hydrogens is 266 g/mol. The molecule has 5 heteroatoms. The number of hydrogen-bond donors (Lipinski definition) is 2. The second-order valence-electron chi connectivity index (χ2n) is 4.75. The molecule has 0 aliphatic rings. The van der Waals surface area contributed by atoms with Gasteiger partial charge in [-0.2, -0.15) is 0 Å². The number of carbonyl (C=O) groups excluding carboxylic acids is 1. The summed E-state index contributed by atoms with van der Waals surface area (Å²) in [6.07, 6.45) is 3.38. The van der Waals surface area contributed by atoms with Crippen molar-refractivity contribution < 1.29 is 9.53 Å². The first-order valence-electron chi connectivity index (χ1n) is 6.76. The fourth-order valence-corrected chi connectivity index (χ4v) is 1.73. The maximum atomic E-state index is 11.6. The number of urea groups is 1. The van der Waals surface area contributed by atoms with Crippen LogP contribution in [0.15, 0.2) is 42.7 Å². The topological polar surface area (TPSA) is 63.2 Å². The molecule has 2 rings (SSSR count). The molecule has 0 radical (unpaired) electrons. The van der Waals surface area contributed by atoms with Gasteiger partial charge in [-0.3, -0.25) is 4.98 Å². The van der Waals surface area contributed by atoms with Gasteiger partial charge >= 0.3 is 6.03 Å². The van der Waals surface area contributed by atoms with Crippen molar-refractivity contribution >= 4 is 6.03 Å². The van der Waals surface area contributed by atoms with E-state index in [1.54, 1.807) is 12.4 Å². The van der Waals surface area contributed by atoms with E-state index in [0.29, 0.717) is 6.54 Å². The van der Waals surface area contributed by atoms with Crippen molar-refractivity contribution in [2.24, 2.45) is 0 Å². The van der Waals surface area contributed by atoms with E-state index in [1.165, 1.54) is 5.56 Å². The largest absolute Gasteiger partial charge is 0.473 e. The van der Waals surface area contributed by atoms with Crippen LogP contribution in [0.2, 0.25) is 0 Å². The Labute approximate surface area is 124 Å². The fourth-order valence-electron chi connectivity index (χ4n) is 1.73. The van der Waals surface area contributed by atoms with Crippen molar-refractivity contribution in [3.8, 4) is 5.75 Å². The summed E-state index contributed by atoms with van der Waals surface area (Å²) < 4.78 is 5.48. The lowest BCUT2D eigenvalue weighted by Crippen LogP contribution is -2.37. The molecule has 0 bridgehead atoms. The van der Waals surface area contributed by atoms with Gasteiger partial charge in [0.05, 0.1) is 0 Å². The molecule has 0 spiro atoms. The first-order valence-corrected chi connectivity index (χ1v) is 6.76. The van der Waals surface area contributed by atoms with Crippen LogP contribution in [0.3, 0.4) is 0 Å². The zero-order valence-corrected chi connectivity index (χ0v) is 12.2. The van der Waals surface area contributed by atoms with Crippen LogP contribution in [0.25, 0.3) is 0 Å². The fraction of sp³-hybridized carbons (Fsp3) is 0.250. The Morgan fingerprint density at radius 2 is 1.86 bits per heavy atom. The number of amides is 2. The summed E-state index contributed by atoms with van der Waals surface area (Å²) >= 11 is 0. The summed E-state index contributed by atoms with van der Waals surface area (Å²) in [6, 6.07) is 9.27. The Kier molecular flexibility index (Phi) is 5.15. The number of carbonyl (C=O) groups is 1. The average Bonchev–Trinajstić information content (AvgIpc) is 2.50. The molecule has 0 saturated heterocycles. The first-order chi connectivity index (χ1) is 10.1. The van der Waals surface area contributed by atoms with Crippen LogP contribution in [-0.2, 0) is 6.54 Å². The van der Waals surface area contributed by atoms with Crippen molar-refractivity contribution in [1.82, 2.24) is 15.6 Å². The number of nitrogens with one attached hydrogen (secondary N) is 2. The smallest absolute Gasteiger partial charge is 0.317 e. The number of pyridine rings is 1. The van der Waals surface area contributed by atoms with Crippen molar-refractivity contribution in [3.05, 3.63) is 59.4 Å². The first kappa shape index (κ1) is 14.8. The van der Waals surface area contributed by atoms with E-state index in [4.69, 9.17) is 4.74 Å². The Balaban J connectivity index is 1.70. The van der Waals surface area contributed by atoms with Crippen molar-refractivity contribution in [1.29, 1.82) is 0 Å². The molecule has 0 aliphatic carbocycles. The van der Waals surface area contributed by atoms with Crippen LogP contribution in [0, 0.1) is 13.8 Å². The Hall–Kier alpha value is -2.56. The lowest BCUT2D eigenvalue weighted by molar-refractivity contribution is 0.223. The van der Waals surface area contributed by atoms with Gasteiger partial charge < -0.3 is 15.4 Å². The van der Waals surface area contributed by atoms with Crippen LogP contribution in [-0.4, -0.2) is 17.7 Å². The summed E-state index contributed by atoms with van der Waals surface area (Å²) in [7, 11) is 0. The molecule has 0 unspecified atom stereocenters. The Morgan fingerprint density at radius 1 is 1.10 bits per heavy atom. The number of nitrogens with zero attached hydrogens (tertiary/aromatic N) is 1.